The Labute approximate surface area is 365 Å². The maximum Gasteiger partial charge on any atom is 0.305 e. The third-order valence-corrected chi connectivity index (χ3v) is 11.6. The Hall–Kier alpha value is -1.86. The fraction of sp³-hybridized carbons (Fsp3) is 0.878. The molecule has 1 rings (SSSR count). The smallest absolute Gasteiger partial charge is 0.305 e. The summed E-state index contributed by atoms with van der Waals surface area (Å²) in [6.45, 7) is 4.20. The van der Waals surface area contributed by atoms with Crippen molar-refractivity contribution in [3.63, 3.8) is 0 Å². The van der Waals surface area contributed by atoms with Crippen LogP contribution in [-0.2, 0) is 23.8 Å². The van der Waals surface area contributed by atoms with Crippen molar-refractivity contribution in [2.45, 2.75) is 256 Å². The Bertz CT molecular complexity index is 1060. The molecule has 0 bridgehead atoms. The molecule has 1 amide bonds. The summed E-state index contributed by atoms with van der Waals surface area (Å²) in [6.07, 6.45) is 34.0. The Morgan fingerprint density at radius 1 is 0.600 bits per heavy atom. The molecule has 1 heterocycles. The Morgan fingerprint density at radius 2 is 1.08 bits per heavy atom. The number of nitrogens with one attached hydrogen (secondary N) is 1. The van der Waals surface area contributed by atoms with Gasteiger partial charge in [-0.3, -0.25) is 9.59 Å². The summed E-state index contributed by atoms with van der Waals surface area (Å²) in [4.78, 5) is 24.9. The van der Waals surface area contributed by atoms with E-state index in [0.29, 0.717) is 19.4 Å². The topological polar surface area (TPSA) is 175 Å². The lowest BCUT2D eigenvalue weighted by Gasteiger charge is -2.40. The van der Waals surface area contributed by atoms with Crippen LogP contribution < -0.4 is 5.32 Å². The van der Waals surface area contributed by atoms with Crippen LogP contribution in [0.4, 0.5) is 0 Å². The molecule has 1 saturated heterocycles. The second kappa shape index (κ2) is 40.0. The lowest BCUT2D eigenvalue weighted by molar-refractivity contribution is -0.302. The third-order valence-electron chi connectivity index (χ3n) is 11.6. The number of ether oxygens (including phenoxy) is 3. The van der Waals surface area contributed by atoms with Crippen molar-refractivity contribution in [3.05, 3.63) is 24.3 Å². The van der Waals surface area contributed by atoms with Crippen molar-refractivity contribution in [1.82, 2.24) is 5.32 Å². The summed E-state index contributed by atoms with van der Waals surface area (Å²) in [5, 5.41) is 54.0. The maximum atomic E-state index is 12.9. The molecule has 352 valence electrons. The van der Waals surface area contributed by atoms with E-state index in [2.05, 4.69) is 31.3 Å². The molecule has 0 saturated carbocycles. The van der Waals surface area contributed by atoms with E-state index in [1.807, 2.05) is 6.08 Å². The molecule has 11 heteroatoms. The summed E-state index contributed by atoms with van der Waals surface area (Å²) in [5.74, 6) is -0.246. The van der Waals surface area contributed by atoms with Crippen molar-refractivity contribution in [2.75, 3.05) is 19.8 Å². The van der Waals surface area contributed by atoms with Crippen LogP contribution in [0.15, 0.2) is 24.3 Å². The summed E-state index contributed by atoms with van der Waals surface area (Å²) in [6, 6.07) is -0.836. The van der Waals surface area contributed by atoms with Gasteiger partial charge in [0.2, 0.25) is 5.91 Å². The second-order valence-electron chi connectivity index (χ2n) is 17.2. The van der Waals surface area contributed by atoms with Crippen LogP contribution >= 0.6 is 0 Å². The quantitative estimate of drug-likeness (QED) is 0.0198. The number of esters is 1. The monoisotopic (exact) mass is 854 g/mol. The third kappa shape index (κ3) is 30.2. The number of allylic oxidation sites excluding steroid dienone is 3. The summed E-state index contributed by atoms with van der Waals surface area (Å²) >= 11 is 0. The lowest BCUT2D eigenvalue weighted by Crippen LogP contribution is -2.60. The summed E-state index contributed by atoms with van der Waals surface area (Å²) in [7, 11) is 0. The average molecular weight is 854 g/mol. The number of carbonyl (C=O) groups excluding carboxylic acids is 2. The Kier molecular flexibility index (Phi) is 37.4. The molecule has 60 heavy (non-hydrogen) atoms. The van der Waals surface area contributed by atoms with E-state index >= 15 is 0 Å². The van der Waals surface area contributed by atoms with Crippen molar-refractivity contribution in [2.24, 2.45) is 0 Å². The molecule has 6 N–H and O–H groups in total. The molecular formula is C49H91NO10. The fourth-order valence-corrected chi connectivity index (χ4v) is 7.57. The van der Waals surface area contributed by atoms with Gasteiger partial charge >= 0.3 is 5.97 Å². The molecule has 1 aliphatic heterocycles. The molecule has 0 aromatic carbocycles. The van der Waals surface area contributed by atoms with Crippen molar-refractivity contribution in [3.8, 4) is 0 Å². The van der Waals surface area contributed by atoms with E-state index < -0.39 is 49.5 Å². The predicted molar refractivity (Wildman–Crippen MR) is 241 cm³/mol. The Balaban J connectivity index is 2.17. The number of hydrogen-bond donors (Lipinski definition) is 6. The highest BCUT2D eigenvalue weighted by Gasteiger charge is 2.44. The highest BCUT2D eigenvalue weighted by atomic mass is 16.7. The molecular weight excluding hydrogens is 763 g/mol. The van der Waals surface area contributed by atoms with Crippen molar-refractivity contribution < 1.29 is 49.3 Å². The first kappa shape index (κ1) is 56.2. The normalized spacial score (nSPS) is 20.6. The SMILES string of the molecule is CCCCC/C=C/CC/C=C/C(O)C(COC1OC(CO)C(O)C(O)C1O)NC(=O)CCCCCCCCCCCCCCOC(=O)CCCCCCCCCCCCC. The number of carbonyl (C=O) groups is 2. The number of unbranched alkanes of at least 4 members (excludes halogenated alkanes) is 25. The van der Waals surface area contributed by atoms with Gasteiger partial charge in [0.15, 0.2) is 6.29 Å². The first-order valence-corrected chi connectivity index (χ1v) is 24.6. The predicted octanol–water partition coefficient (Wildman–Crippen LogP) is 9.44. The second-order valence-corrected chi connectivity index (χ2v) is 17.2. The minimum atomic E-state index is -1.58. The van der Waals surface area contributed by atoms with Crippen LogP contribution in [0.1, 0.15) is 213 Å². The minimum absolute atomic E-state index is 0.0355. The Morgan fingerprint density at radius 3 is 1.65 bits per heavy atom. The van der Waals surface area contributed by atoms with E-state index in [-0.39, 0.29) is 18.5 Å². The summed E-state index contributed by atoms with van der Waals surface area (Å²) in [5.41, 5.74) is 0. The van der Waals surface area contributed by atoms with Gasteiger partial charge in [-0.1, -0.05) is 179 Å². The van der Waals surface area contributed by atoms with E-state index in [4.69, 9.17) is 14.2 Å². The lowest BCUT2D eigenvalue weighted by atomic mass is 9.99. The fourth-order valence-electron chi connectivity index (χ4n) is 7.57. The molecule has 0 aromatic heterocycles. The standard InChI is InChI=1S/C49H91NO10/c1-3-5-7-9-11-13-16-21-25-29-33-37-45(54)58-38-34-30-26-22-18-15-14-17-20-24-28-32-36-44(53)50-41(42(52)35-31-27-23-19-12-10-8-6-4-2)40-59-49-48(57)47(56)46(55)43(39-51)60-49/h12,19,31,35,41-43,46-49,51-52,55-57H,3-11,13-18,20-30,32-34,36-40H2,1-2H3,(H,50,53)/b19-12+,35-31+. The van der Waals surface area contributed by atoms with Gasteiger partial charge in [0.1, 0.15) is 24.4 Å². The van der Waals surface area contributed by atoms with Crippen LogP contribution in [0, 0.1) is 0 Å². The maximum absolute atomic E-state index is 12.9. The molecule has 0 aromatic rings. The van der Waals surface area contributed by atoms with E-state index in [1.165, 1.54) is 116 Å². The number of rotatable bonds is 41. The van der Waals surface area contributed by atoms with Crippen molar-refractivity contribution >= 4 is 11.9 Å². The van der Waals surface area contributed by atoms with E-state index in [9.17, 15) is 35.1 Å². The molecule has 1 fully saturated rings. The van der Waals surface area contributed by atoms with Gasteiger partial charge in [0.05, 0.1) is 32.0 Å². The first-order chi connectivity index (χ1) is 29.2. The minimum Gasteiger partial charge on any atom is -0.466 e. The molecule has 7 unspecified atom stereocenters. The average Bonchev–Trinajstić information content (AvgIpc) is 3.24. The van der Waals surface area contributed by atoms with Crippen molar-refractivity contribution in [1.29, 1.82) is 0 Å². The van der Waals surface area contributed by atoms with Crippen LogP contribution in [0.5, 0.6) is 0 Å². The van der Waals surface area contributed by atoms with E-state index in [0.717, 1.165) is 70.6 Å². The zero-order valence-corrected chi connectivity index (χ0v) is 38.2. The highest BCUT2D eigenvalue weighted by molar-refractivity contribution is 5.76. The van der Waals surface area contributed by atoms with Gasteiger partial charge < -0.3 is 45.1 Å². The number of aliphatic hydroxyl groups is 5. The molecule has 0 aliphatic carbocycles. The zero-order chi connectivity index (χ0) is 43.9. The van der Waals surface area contributed by atoms with Gasteiger partial charge in [-0.05, 0) is 44.9 Å². The number of hydrogen-bond acceptors (Lipinski definition) is 10. The number of aliphatic hydroxyl groups excluding tert-OH is 5. The van der Waals surface area contributed by atoms with Gasteiger partial charge in [-0.15, -0.1) is 0 Å². The van der Waals surface area contributed by atoms with Gasteiger partial charge in [-0.25, -0.2) is 0 Å². The van der Waals surface area contributed by atoms with Gasteiger partial charge in [-0.2, -0.15) is 0 Å². The van der Waals surface area contributed by atoms with Crippen LogP contribution in [0.2, 0.25) is 0 Å². The van der Waals surface area contributed by atoms with E-state index in [1.54, 1.807) is 6.08 Å². The van der Waals surface area contributed by atoms with Gasteiger partial charge in [0, 0.05) is 12.8 Å². The number of amides is 1. The largest absolute Gasteiger partial charge is 0.466 e. The first-order valence-electron chi connectivity index (χ1n) is 24.6. The molecule has 0 radical (unpaired) electrons. The van der Waals surface area contributed by atoms with Crippen LogP contribution in [0.25, 0.3) is 0 Å². The highest BCUT2D eigenvalue weighted by Crippen LogP contribution is 2.23. The summed E-state index contributed by atoms with van der Waals surface area (Å²) < 4.78 is 16.6. The molecule has 0 spiro atoms. The van der Waals surface area contributed by atoms with Gasteiger partial charge in [0.25, 0.3) is 0 Å². The zero-order valence-electron chi connectivity index (χ0n) is 38.2. The molecule has 1 aliphatic rings. The van der Waals surface area contributed by atoms with Crippen LogP contribution in [0.3, 0.4) is 0 Å². The van der Waals surface area contributed by atoms with Crippen LogP contribution in [-0.4, -0.2) is 100 Å². The molecule has 7 atom stereocenters. The molecule has 11 nitrogen and oxygen atoms in total.